The lowest BCUT2D eigenvalue weighted by molar-refractivity contribution is 0.0983. The number of sulfone groups is 1. The van der Waals surface area contributed by atoms with Crippen LogP contribution in [0, 0.1) is 0 Å². The fraction of sp³-hybridized carbons (Fsp3) is 0.211. The number of benzene rings is 2. The molecule has 3 rings (SSSR count). The van der Waals surface area contributed by atoms with Crippen molar-refractivity contribution in [3.8, 4) is 0 Å². The average Bonchev–Trinajstić information content (AvgIpc) is 2.95. The molecule has 1 amide bonds. The topological polar surface area (TPSA) is 54.5 Å². The molecule has 1 aliphatic rings. The summed E-state index contributed by atoms with van der Waals surface area (Å²) in [6.45, 7) is 2.02. The molecular formula is C19H18BrNO3S. The van der Waals surface area contributed by atoms with Gasteiger partial charge in [0.25, 0.3) is 5.91 Å². The Morgan fingerprint density at radius 1 is 1.16 bits per heavy atom. The van der Waals surface area contributed by atoms with Crippen LogP contribution in [0.25, 0.3) is 0 Å². The first kappa shape index (κ1) is 17.9. The van der Waals surface area contributed by atoms with Crippen LogP contribution in [0.1, 0.15) is 22.8 Å². The summed E-state index contributed by atoms with van der Waals surface area (Å²) >= 11 is 3.37. The number of halogens is 1. The molecule has 0 spiro atoms. The third-order valence-corrected chi connectivity index (χ3v) is 6.09. The Hall–Kier alpha value is -1.92. The first-order chi connectivity index (χ1) is 11.9. The molecule has 0 bridgehead atoms. The highest BCUT2D eigenvalue weighted by atomic mass is 79.9. The minimum absolute atomic E-state index is 0.0900. The molecule has 1 aliphatic heterocycles. The zero-order valence-corrected chi connectivity index (χ0v) is 16.1. The Labute approximate surface area is 156 Å². The summed E-state index contributed by atoms with van der Waals surface area (Å²) in [6, 6.07) is 14.2. The van der Waals surface area contributed by atoms with Crippen molar-refractivity contribution in [3.63, 3.8) is 0 Å². The van der Waals surface area contributed by atoms with Crippen LogP contribution in [-0.4, -0.2) is 26.1 Å². The fourth-order valence-electron chi connectivity index (χ4n) is 2.94. The molecule has 6 heteroatoms. The standard InChI is InChI=1S/C19H18BrNO3S/c1-2-14-5-3-4-6-18(14)21(17-11-12-25(23,24)13-17)19(22)15-7-9-16(20)10-8-15/h3-12,17H,2,13H2,1H3/t17-/m0/s1. The molecule has 4 nitrogen and oxygen atoms in total. The number of aryl methyl sites for hydroxylation is 1. The summed E-state index contributed by atoms with van der Waals surface area (Å²) in [4.78, 5) is 14.8. The van der Waals surface area contributed by atoms with E-state index in [1.165, 1.54) is 5.41 Å². The molecule has 0 fully saturated rings. The van der Waals surface area contributed by atoms with Gasteiger partial charge in [-0.05, 0) is 48.4 Å². The summed E-state index contributed by atoms with van der Waals surface area (Å²) in [6.07, 6.45) is 2.35. The van der Waals surface area contributed by atoms with Gasteiger partial charge >= 0.3 is 0 Å². The number of amides is 1. The maximum absolute atomic E-state index is 13.2. The Bertz CT molecular complexity index is 920. The van der Waals surface area contributed by atoms with Crippen LogP contribution in [0.3, 0.4) is 0 Å². The number of hydrogen-bond acceptors (Lipinski definition) is 3. The van der Waals surface area contributed by atoms with Crippen molar-refractivity contribution in [1.82, 2.24) is 0 Å². The summed E-state index contributed by atoms with van der Waals surface area (Å²) < 4.78 is 24.7. The van der Waals surface area contributed by atoms with Crippen LogP contribution in [-0.2, 0) is 16.3 Å². The van der Waals surface area contributed by atoms with Crippen molar-refractivity contribution in [1.29, 1.82) is 0 Å². The highest BCUT2D eigenvalue weighted by molar-refractivity contribution is 9.10. The van der Waals surface area contributed by atoms with E-state index in [0.717, 1.165) is 22.1 Å². The van der Waals surface area contributed by atoms with Gasteiger partial charge in [-0.25, -0.2) is 8.42 Å². The third-order valence-electron chi connectivity index (χ3n) is 4.18. The molecule has 25 heavy (non-hydrogen) atoms. The lowest BCUT2D eigenvalue weighted by atomic mass is 10.1. The largest absolute Gasteiger partial charge is 0.300 e. The van der Waals surface area contributed by atoms with Gasteiger partial charge in [-0.1, -0.05) is 41.1 Å². The van der Waals surface area contributed by atoms with Gasteiger partial charge in [0.2, 0.25) is 0 Å². The second kappa shape index (κ2) is 7.14. The van der Waals surface area contributed by atoms with Gasteiger partial charge in [-0.15, -0.1) is 0 Å². The van der Waals surface area contributed by atoms with E-state index in [1.54, 1.807) is 35.2 Å². The number of para-hydroxylation sites is 1. The first-order valence-electron chi connectivity index (χ1n) is 7.99. The van der Waals surface area contributed by atoms with Crippen LogP contribution < -0.4 is 4.90 Å². The molecule has 0 N–H and O–H groups in total. The molecule has 0 saturated heterocycles. The molecule has 0 radical (unpaired) electrons. The van der Waals surface area contributed by atoms with Crippen molar-refractivity contribution < 1.29 is 13.2 Å². The number of hydrogen-bond donors (Lipinski definition) is 0. The molecule has 2 aromatic carbocycles. The van der Waals surface area contributed by atoms with Crippen molar-refractivity contribution in [2.75, 3.05) is 10.7 Å². The predicted octanol–water partition coefficient (Wildman–Crippen LogP) is 3.97. The van der Waals surface area contributed by atoms with E-state index in [4.69, 9.17) is 0 Å². The first-order valence-corrected chi connectivity index (χ1v) is 10.5. The molecular weight excluding hydrogens is 402 g/mol. The van der Waals surface area contributed by atoms with Crippen molar-refractivity contribution in [2.24, 2.45) is 0 Å². The predicted molar refractivity (Wildman–Crippen MR) is 103 cm³/mol. The van der Waals surface area contributed by atoms with E-state index >= 15 is 0 Å². The van der Waals surface area contributed by atoms with Crippen LogP contribution in [0.5, 0.6) is 0 Å². The molecule has 0 unspecified atom stereocenters. The molecule has 2 aromatic rings. The Morgan fingerprint density at radius 2 is 1.84 bits per heavy atom. The van der Waals surface area contributed by atoms with Crippen molar-refractivity contribution in [3.05, 3.63) is 75.6 Å². The van der Waals surface area contributed by atoms with Crippen LogP contribution in [0.4, 0.5) is 5.69 Å². The van der Waals surface area contributed by atoms with Crippen LogP contribution in [0.2, 0.25) is 0 Å². The molecule has 0 aliphatic carbocycles. The highest BCUT2D eigenvalue weighted by Crippen LogP contribution is 2.28. The van der Waals surface area contributed by atoms with Gasteiger partial charge in [0.15, 0.2) is 9.84 Å². The number of anilines is 1. The second-order valence-electron chi connectivity index (χ2n) is 5.89. The quantitative estimate of drug-likeness (QED) is 0.752. The van der Waals surface area contributed by atoms with Crippen LogP contribution >= 0.6 is 15.9 Å². The zero-order valence-electron chi connectivity index (χ0n) is 13.7. The van der Waals surface area contributed by atoms with Crippen LogP contribution in [0.15, 0.2) is 64.5 Å². The Morgan fingerprint density at radius 3 is 2.44 bits per heavy atom. The lowest BCUT2D eigenvalue weighted by Crippen LogP contribution is -2.41. The number of rotatable bonds is 4. The van der Waals surface area contributed by atoms with E-state index in [0.29, 0.717) is 5.56 Å². The smallest absolute Gasteiger partial charge is 0.258 e. The highest BCUT2D eigenvalue weighted by Gasteiger charge is 2.32. The van der Waals surface area contributed by atoms with Crippen molar-refractivity contribution >= 4 is 37.4 Å². The van der Waals surface area contributed by atoms with Gasteiger partial charge < -0.3 is 4.90 Å². The minimum atomic E-state index is -3.27. The second-order valence-corrected chi connectivity index (χ2v) is 8.74. The fourth-order valence-corrected chi connectivity index (χ4v) is 4.47. The molecule has 1 atom stereocenters. The monoisotopic (exact) mass is 419 g/mol. The van der Waals surface area contributed by atoms with E-state index in [2.05, 4.69) is 15.9 Å². The Kier molecular flexibility index (Phi) is 5.11. The maximum atomic E-state index is 13.2. The zero-order chi connectivity index (χ0) is 18.0. The summed E-state index contributed by atoms with van der Waals surface area (Å²) in [7, 11) is -3.27. The maximum Gasteiger partial charge on any atom is 0.258 e. The van der Waals surface area contributed by atoms with Gasteiger partial charge in [0, 0.05) is 21.1 Å². The van der Waals surface area contributed by atoms with Gasteiger partial charge in [-0.2, -0.15) is 0 Å². The van der Waals surface area contributed by atoms with E-state index < -0.39 is 15.9 Å². The average molecular weight is 420 g/mol. The molecule has 0 saturated carbocycles. The third kappa shape index (κ3) is 3.85. The summed E-state index contributed by atoms with van der Waals surface area (Å²) in [5, 5.41) is 1.20. The van der Waals surface area contributed by atoms with Crippen molar-refractivity contribution in [2.45, 2.75) is 19.4 Å². The number of nitrogens with zero attached hydrogens (tertiary/aromatic N) is 1. The number of carbonyl (C=O) groups excluding carboxylic acids is 1. The van der Waals surface area contributed by atoms with E-state index in [-0.39, 0.29) is 11.7 Å². The summed E-state index contributed by atoms with van der Waals surface area (Å²) in [5.41, 5.74) is 2.28. The van der Waals surface area contributed by atoms with E-state index in [1.807, 2.05) is 31.2 Å². The minimum Gasteiger partial charge on any atom is -0.300 e. The molecule has 0 aromatic heterocycles. The molecule has 1 heterocycles. The van der Waals surface area contributed by atoms with E-state index in [9.17, 15) is 13.2 Å². The number of carbonyl (C=O) groups is 1. The molecule has 130 valence electrons. The normalized spacial score (nSPS) is 18.2. The lowest BCUT2D eigenvalue weighted by Gasteiger charge is -2.29. The van der Waals surface area contributed by atoms with Gasteiger partial charge in [-0.3, -0.25) is 4.79 Å². The van der Waals surface area contributed by atoms with Gasteiger partial charge in [0.1, 0.15) is 0 Å². The Balaban J connectivity index is 2.07. The summed E-state index contributed by atoms with van der Waals surface area (Å²) in [5.74, 6) is -0.298. The van der Waals surface area contributed by atoms with Gasteiger partial charge in [0.05, 0.1) is 11.8 Å². The SMILES string of the molecule is CCc1ccccc1N(C(=O)c1ccc(Br)cc1)[C@H]1C=CS(=O)(=O)C1.